The lowest BCUT2D eigenvalue weighted by atomic mass is 10.1. The van der Waals surface area contributed by atoms with E-state index in [4.69, 9.17) is 0 Å². The third-order valence-corrected chi connectivity index (χ3v) is 2.09. The molecule has 0 radical (unpaired) electrons. The molecule has 1 amide bonds. The Morgan fingerprint density at radius 1 is 1.17 bits per heavy atom. The van der Waals surface area contributed by atoms with Crippen LogP contribution in [0.4, 0.5) is 0 Å². The van der Waals surface area contributed by atoms with Crippen LogP contribution in [0.5, 0.6) is 0 Å². The van der Waals surface area contributed by atoms with Crippen molar-refractivity contribution in [1.82, 2.24) is 0 Å². The summed E-state index contributed by atoms with van der Waals surface area (Å²) >= 11 is 0. The van der Waals surface area contributed by atoms with E-state index >= 15 is 0 Å². The minimum absolute atomic E-state index is 0.192. The summed E-state index contributed by atoms with van der Waals surface area (Å²) in [7, 11) is 0. The van der Waals surface area contributed by atoms with Gasteiger partial charge in [-0.2, -0.15) is 0 Å². The van der Waals surface area contributed by atoms with Gasteiger partial charge in [0.15, 0.2) is 0 Å². The molecule has 0 N–H and O–H groups in total. The number of allylic oxidation sites excluding steroid dienone is 3. The highest BCUT2D eigenvalue weighted by Crippen LogP contribution is 2.14. The van der Waals surface area contributed by atoms with Crippen LogP contribution >= 0.6 is 0 Å². The van der Waals surface area contributed by atoms with Gasteiger partial charge in [-0.15, -0.1) is 0 Å². The minimum Gasteiger partial charge on any atom is -0.267 e. The second kappa shape index (κ2) is 8.34. The quantitative estimate of drug-likeness (QED) is 0.412. The fourth-order valence-electron chi connectivity index (χ4n) is 1.18. The van der Waals surface area contributed by atoms with Gasteiger partial charge in [0.1, 0.15) is 0 Å². The van der Waals surface area contributed by atoms with Crippen LogP contribution in [-0.4, -0.2) is 17.3 Å². The molecule has 3 nitrogen and oxygen atoms in total. The molecule has 0 heterocycles. The first-order chi connectivity index (χ1) is 8.40. The molecule has 0 bridgehead atoms. The molecule has 0 unspecified atom stereocenters. The number of aliphatic imine (C=N–C) groups is 2. The largest absolute Gasteiger partial charge is 0.272 e. The van der Waals surface area contributed by atoms with Crippen molar-refractivity contribution in [2.45, 2.75) is 41.0 Å². The Bertz CT molecular complexity index is 429. The van der Waals surface area contributed by atoms with Crippen LogP contribution in [0, 0.1) is 0 Å². The van der Waals surface area contributed by atoms with E-state index in [0.29, 0.717) is 12.0 Å². The van der Waals surface area contributed by atoms with E-state index in [1.54, 1.807) is 32.2 Å². The SMILES string of the molecule is C=C/C(=C\N=C(C)C)CC(=CC)C(=O)N=C(C)C. The molecule has 0 aromatic rings. The second-order valence-corrected chi connectivity index (χ2v) is 4.34. The Morgan fingerprint density at radius 2 is 1.78 bits per heavy atom. The monoisotopic (exact) mass is 246 g/mol. The normalized spacial score (nSPS) is 11.8. The Kier molecular flexibility index (Phi) is 7.52. The maximum absolute atomic E-state index is 11.8. The van der Waals surface area contributed by atoms with Crippen LogP contribution in [0.15, 0.2) is 46.1 Å². The van der Waals surface area contributed by atoms with E-state index in [-0.39, 0.29) is 5.91 Å². The molecule has 0 aromatic carbocycles. The first-order valence-corrected chi connectivity index (χ1v) is 5.94. The van der Waals surface area contributed by atoms with Gasteiger partial charge in [0.25, 0.3) is 5.91 Å². The Labute approximate surface area is 110 Å². The Morgan fingerprint density at radius 3 is 2.17 bits per heavy atom. The lowest BCUT2D eigenvalue weighted by Crippen LogP contribution is -2.02. The van der Waals surface area contributed by atoms with E-state index < -0.39 is 0 Å². The summed E-state index contributed by atoms with van der Waals surface area (Å²) < 4.78 is 0. The van der Waals surface area contributed by atoms with E-state index in [2.05, 4.69) is 16.6 Å². The van der Waals surface area contributed by atoms with E-state index in [9.17, 15) is 4.79 Å². The highest BCUT2D eigenvalue weighted by molar-refractivity contribution is 6.02. The van der Waals surface area contributed by atoms with Crippen LogP contribution in [0.2, 0.25) is 0 Å². The smallest absolute Gasteiger partial charge is 0.267 e. The molecule has 0 aliphatic rings. The van der Waals surface area contributed by atoms with E-state index in [0.717, 1.165) is 17.0 Å². The zero-order valence-electron chi connectivity index (χ0n) is 11.9. The fraction of sp³-hybridized carbons (Fsp3) is 0.400. The molecule has 0 spiro atoms. The number of hydrogen-bond donors (Lipinski definition) is 0. The summed E-state index contributed by atoms with van der Waals surface area (Å²) in [4.78, 5) is 20.0. The standard InChI is InChI=1S/C15H22N2O/c1-7-13(10-16-11(3)4)9-14(8-2)15(18)17-12(5)6/h7-8,10H,1,9H2,2-6H3/b13-10+,14-8?. The van der Waals surface area contributed by atoms with Crippen LogP contribution < -0.4 is 0 Å². The van der Waals surface area contributed by atoms with Crippen molar-refractivity contribution in [3.8, 4) is 0 Å². The lowest BCUT2D eigenvalue weighted by Gasteiger charge is -2.03. The molecule has 0 fully saturated rings. The molecule has 0 saturated heterocycles. The van der Waals surface area contributed by atoms with E-state index in [1.165, 1.54) is 0 Å². The number of carbonyl (C=O) groups excluding carboxylic acids is 1. The number of amides is 1. The van der Waals surface area contributed by atoms with Crippen molar-refractivity contribution in [3.63, 3.8) is 0 Å². The van der Waals surface area contributed by atoms with Crippen LogP contribution in [0.1, 0.15) is 41.0 Å². The van der Waals surface area contributed by atoms with Gasteiger partial charge in [0.05, 0.1) is 0 Å². The second-order valence-electron chi connectivity index (χ2n) is 4.34. The molecule has 0 aliphatic carbocycles. The van der Waals surface area contributed by atoms with Gasteiger partial charge < -0.3 is 0 Å². The maximum atomic E-state index is 11.8. The van der Waals surface area contributed by atoms with Crippen molar-refractivity contribution in [2.24, 2.45) is 9.98 Å². The van der Waals surface area contributed by atoms with Gasteiger partial charge in [0, 0.05) is 29.6 Å². The van der Waals surface area contributed by atoms with Gasteiger partial charge in [-0.05, 0) is 40.2 Å². The van der Waals surface area contributed by atoms with Crippen LogP contribution in [0.3, 0.4) is 0 Å². The maximum Gasteiger partial charge on any atom is 0.272 e. The Hall–Kier alpha value is -1.77. The lowest BCUT2D eigenvalue weighted by molar-refractivity contribution is -0.114. The predicted molar refractivity (Wildman–Crippen MR) is 79.2 cm³/mol. The Balaban J connectivity index is 4.98. The summed E-state index contributed by atoms with van der Waals surface area (Å²) in [6, 6.07) is 0. The molecule has 0 aliphatic heterocycles. The van der Waals surface area contributed by atoms with Crippen molar-refractivity contribution < 1.29 is 4.79 Å². The molecule has 0 saturated carbocycles. The molecule has 18 heavy (non-hydrogen) atoms. The number of rotatable bonds is 5. The zero-order chi connectivity index (χ0) is 14.1. The zero-order valence-corrected chi connectivity index (χ0v) is 11.9. The number of nitrogens with zero attached hydrogens (tertiary/aromatic N) is 2. The third kappa shape index (κ3) is 6.74. The highest BCUT2D eigenvalue weighted by Gasteiger charge is 2.08. The van der Waals surface area contributed by atoms with Gasteiger partial charge >= 0.3 is 0 Å². The minimum atomic E-state index is -0.192. The van der Waals surface area contributed by atoms with Gasteiger partial charge in [-0.1, -0.05) is 18.7 Å². The summed E-state index contributed by atoms with van der Waals surface area (Å²) in [5.41, 5.74) is 3.28. The summed E-state index contributed by atoms with van der Waals surface area (Å²) in [5.74, 6) is -0.192. The third-order valence-electron chi connectivity index (χ3n) is 2.09. The van der Waals surface area contributed by atoms with Crippen LogP contribution in [-0.2, 0) is 4.79 Å². The molecule has 0 atom stereocenters. The van der Waals surface area contributed by atoms with Gasteiger partial charge in [0.2, 0.25) is 0 Å². The first-order valence-electron chi connectivity index (χ1n) is 5.94. The topological polar surface area (TPSA) is 41.8 Å². The van der Waals surface area contributed by atoms with Gasteiger partial charge in [-0.25, -0.2) is 4.99 Å². The van der Waals surface area contributed by atoms with Crippen molar-refractivity contribution in [2.75, 3.05) is 0 Å². The average molecular weight is 246 g/mol. The molecule has 98 valence electrons. The van der Waals surface area contributed by atoms with E-state index in [1.807, 2.05) is 20.8 Å². The number of hydrogen-bond acceptors (Lipinski definition) is 2. The summed E-state index contributed by atoms with van der Waals surface area (Å²) in [5, 5.41) is 0. The average Bonchev–Trinajstić information content (AvgIpc) is 2.28. The van der Waals surface area contributed by atoms with Crippen molar-refractivity contribution in [3.05, 3.63) is 36.1 Å². The molecule has 0 aromatic heterocycles. The summed E-state index contributed by atoms with van der Waals surface area (Å²) in [6.45, 7) is 13.0. The highest BCUT2D eigenvalue weighted by atomic mass is 16.1. The molecular weight excluding hydrogens is 224 g/mol. The number of carbonyl (C=O) groups is 1. The first kappa shape index (κ1) is 16.2. The van der Waals surface area contributed by atoms with Crippen LogP contribution in [0.25, 0.3) is 0 Å². The van der Waals surface area contributed by atoms with Crippen molar-refractivity contribution >= 4 is 17.3 Å². The van der Waals surface area contributed by atoms with Crippen molar-refractivity contribution in [1.29, 1.82) is 0 Å². The molecule has 3 heteroatoms. The molecular formula is C15H22N2O. The predicted octanol–water partition coefficient (Wildman–Crippen LogP) is 3.88. The van der Waals surface area contributed by atoms with Gasteiger partial charge in [-0.3, -0.25) is 9.79 Å². The fourth-order valence-corrected chi connectivity index (χ4v) is 1.18. The summed E-state index contributed by atoms with van der Waals surface area (Å²) in [6.07, 6.45) is 5.74. The molecule has 0 rings (SSSR count).